The highest BCUT2D eigenvalue weighted by Crippen LogP contribution is 2.30. The molecular formula is C11H13N3O. The predicted octanol–water partition coefficient (Wildman–Crippen LogP) is 1.93. The van der Waals surface area contributed by atoms with Crippen molar-refractivity contribution in [1.82, 2.24) is 9.97 Å². The first kappa shape index (κ1) is 9.58. The number of phenolic OH excluding ortho intramolecular Hbond substituents is 1. The molecule has 4 nitrogen and oxygen atoms in total. The number of aryl methyl sites for hydroxylation is 1. The first-order valence-electron chi connectivity index (χ1n) is 4.85. The Morgan fingerprint density at radius 2 is 2.13 bits per heavy atom. The molecule has 0 unspecified atom stereocenters. The van der Waals surface area contributed by atoms with Gasteiger partial charge in [0.25, 0.3) is 0 Å². The minimum atomic E-state index is 0.221. The van der Waals surface area contributed by atoms with Crippen LogP contribution in [0.5, 0.6) is 5.75 Å². The molecule has 2 aromatic rings. The van der Waals surface area contributed by atoms with E-state index in [1.807, 2.05) is 19.1 Å². The van der Waals surface area contributed by atoms with Gasteiger partial charge in [-0.25, -0.2) is 4.98 Å². The number of nitrogens with one attached hydrogen (secondary N) is 1. The van der Waals surface area contributed by atoms with E-state index in [0.29, 0.717) is 11.5 Å². The normalized spacial score (nSPS) is 10.5. The number of nitrogens with two attached hydrogens (primary N) is 1. The summed E-state index contributed by atoms with van der Waals surface area (Å²) in [6, 6.07) is 7.10. The summed E-state index contributed by atoms with van der Waals surface area (Å²) in [6.07, 6.45) is 0.799. The van der Waals surface area contributed by atoms with Crippen molar-refractivity contribution in [2.45, 2.75) is 13.3 Å². The Bertz CT molecular complexity index is 476. The molecule has 0 radical (unpaired) electrons. The number of aromatic nitrogens is 2. The number of nitrogen functional groups attached to an aromatic ring is 1. The molecule has 0 amide bonds. The fourth-order valence-electron chi connectivity index (χ4n) is 1.58. The van der Waals surface area contributed by atoms with Crippen LogP contribution in [0.25, 0.3) is 11.3 Å². The Morgan fingerprint density at radius 3 is 2.80 bits per heavy atom. The van der Waals surface area contributed by atoms with Gasteiger partial charge in [0.1, 0.15) is 5.75 Å². The zero-order valence-electron chi connectivity index (χ0n) is 8.49. The van der Waals surface area contributed by atoms with Crippen molar-refractivity contribution >= 4 is 5.95 Å². The molecular weight excluding hydrogens is 190 g/mol. The number of imidazole rings is 1. The number of aromatic hydroxyl groups is 1. The third kappa shape index (κ3) is 1.66. The summed E-state index contributed by atoms with van der Waals surface area (Å²) >= 11 is 0. The molecule has 4 heteroatoms. The Hall–Kier alpha value is -1.97. The zero-order valence-corrected chi connectivity index (χ0v) is 8.49. The average Bonchev–Trinajstić information content (AvgIpc) is 2.60. The van der Waals surface area contributed by atoms with E-state index in [2.05, 4.69) is 9.97 Å². The van der Waals surface area contributed by atoms with Gasteiger partial charge in [-0.05, 0) is 18.6 Å². The lowest BCUT2D eigenvalue weighted by Crippen LogP contribution is -1.86. The minimum absolute atomic E-state index is 0.221. The summed E-state index contributed by atoms with van der Waals surface area (Å²) < 4.78 is 0. The van der Waals surface area contributed by atoms with Gasteiger partial charge in [0, 0.05) is 11.3 Å². The monoisotopic (exact) mass is 203 g/mol. The van der Waals surface area contributed by atoms with Crippen molar-refractivity contribution in [3.8, 4) is 17.0 Å². The van der Waals surface area contributed by atoms with E-state index in [1.54, 1.807) is 12.1 Å². The first-order valence-corrected chi connectivity index (χ1v) is 4.85. The molecule has 78 valence electrons. The fourth-order valence-corrected chi connectivity index (χ4v) is 1.58. The minimum Gasteiger partial charge on any atom is -0.507 e. The van der Waals surface area contributed by atoms with Crippen molar-refractivity contribution in [3.05, 3.63) is 30.0 Å². The number of para-hydroxylation sites is 1. The van der Waals surface area contributed by atoms with E-state index in [0.717, 1.165) is 17.8 Å². The summed E-state index contributed by atoms with van der Waals surface area (Å²) in [5, 5.41) is 9.70. The number of H-pyrrole nitrogens is 1. The van der Waals surface area contributed by atoms with Crippen molar-refractivity contribution in [2.24, 2.45) is 0 Å². The number of benzene rings is 1. The van der Waals surface area contributed by atoms with Crippen LogP contribution in [0, 0.1) is 0 Å². The van der Waals surface area contributed by atoms with Crippen LogP contribution in [-0.4, -0.2) is 15.1 Å². The highest BCUT2D eigenvalue weighted by atomic mass is 16.3. The van der Waals surface area contributed by atoms with Crippen molar-refractivity contribution < 1.29 is 5.11 Å². The number of phenols is 1. The smallest absolute Gasteiger partial charge is 0.198 e. The molecule has 4 N–H and O–H groups in total. The molecule has 2 rings (SSSR count). The number of aromatic amines is 1. The van der Waals surface area contributed by atoms with Gasteiger partial charge in [-0.2, -0.15) is 0 Å². The maximum atomic E-state index is 9.70. The van der Waals surface area contributed by atoms with E-state index < -0.39 is 0 Å². The second-order valence-electron chi connectivity index (χ2n) is 3.32. The van der Waals surface area contributed by atoms with Crippen LogP contribution in [0.15, 0.2) is 24.3 Å². The molecule has 0 bridgehead atoms. The summed E-state index contributed by atoms with van der Waals surface area (Å²) in [5.41, 5.74) is 7.97. The van der Waals surface area contributed by atoms with E-state index in [1.165, 1.54) is 0 Å². The van der Waals surface area contributed by atoms with Crippen molar-refractivity contribution in [2.75, 3.05) is 5.73 Å². The Kier molecular flexibility index (Phi) is 2.33. The Balaban J connectivity index is 2.58. The third-order valence-electron chi connectivity index (χ3n) is 2.31. The van der Waals surface area contributed by atoms with E-state index in [-0.39, 0.29) is 5.75 Å². The average molecular weight is 203 g/mol. The molecule has 1 aromatic heterocycles. The second kappa shape index (κ2) is 3.65. The molecule has 15 heavy (non-hydrogen) atoms. The fraction of sp³-hybridized carbons (Fsp3) is 0.182. The molecule has 0 aliphatic rings. The van der Waals surface area contributed by atoms with Crippen LogP contribution >= 0.6 is 0 Å². The molecule has 0 saturated heterocycles. The quantitative estimate of drug-likeness (QED) is 0.698. The largest absolute Gasteiger partial charge is 0.507 e. The van der Waals surface area contributed by atoms with Gasteiger partial charge in [-0.1, -0.05) is 19.1 Å². The molecule has 1 aromatic carbocycles. The van der Waals surface area contributed by atoms with Gasteiger partial charge in [0.05, 0.1) is 5.69 Å². The Morgan fingerprint density at radius 1 is 1.40 bits per heavy atom. The zero-order chi connectivity index (χ0) is 10.8. The van der Waals surface area contributed by atoms with Gasteiger partial charge in [0.2, 0.25) is 0 Å². The van der Waals surface area contributed by atoms with E-state index >= 15 is 0 Å². The topological polar surface area (TPSA) is 74.9 Å². The van der Waals surface area contributed by atoms with Crippen LogP contribution < -0.4 is 5.73 Å². The van der Waals surface area contributed by atoms with Gasteiger partial charge in [0.15, 0.2) is 5.95 Å². The number of hydrogen-bond donors (Lipinski definition) is 3. The lowest BCUT2D eigenvalue weighted by molar-refractivity contribution is 0.477. The van der Waals surface area contributed by atoms with Crippen LogP contribution in [0.1, 0.15) is 12.6 Å². The predicted molar refractivity (Wildman–Crippen MR) is 59.5 cm³/mol. The third-order valence-corrected chi connectivity index (χ3v) is 2.31. The van der Waals surface area contributed by atoms with E-state index in [4.69, 9.17) is 5.73 Å². The molecule has 0 saturated carbocycles. The number of hydrogen-bond acceptors (Lipinski definition) is 3. The number of rotatable bonds is 2. The molecule has 0 aliphatic carbocycles. The molecule has 0 fully saturated rings. The number of anilines is 1. The summed E-state index contributed by atoms with van der Waals surface area (Å²) in [4.78, 5) is 7.15. The summed E-state index contributed by atoms with van der Waals surface area (Å²) in [7, 11) is 0. The van der Waals surface area contributed by atoms with Crippen LogP contribution in [0.3, 0.4) is 0 Å². The molecule has 0 atom stereocenters. The van der Waals surface area contributed by atoms with Crippen molar-refractivity contribution in [3.63, 3.8) is 0 Å². The van der Waals surface area contributed by atoms with Gasteiger partial charge < -0.3 is 15.8 Å². The molecule has 1 heterocycles. The van der Waals surface area contributed by atoms with Gasteiger partial charge >= 0.3 is 0 Å². The highest BCUT2D eigenvalue weighted by molar-refractivity contribution is 5.69. The van der Waals surface area contributed by atoms with E-state index in [9.17, 15) is 5.11 Å². The summed E-state index contributed by atoms with van der Waals surface area (Å²) in [6.45, 7) is 2.01. The van der Waals surface area contributed by atoms with Crippen molar-refractivity contribution in [1.29, 1.82) is 0 Å². The van der Waals surface area contributed by atoms with Crippen LogP contribution in [-0.2, 0) is 6.42 Å². The number of nitrogens with zero attached hydrogens (tertiary/aromatic N) is 1. The SMILES string of the molecule is CCc1[nH]c(N)nc1-c1ccccc1O. The van der Waals surface area contributed by atoms with Crippen LogP contribution in [0.2, 0.25) is 0 Å². The molecule has 0 spiro atoms. The lowest BCUT2D eigenvalue weighted by Gasteiger charge is -2.02. The summed E-state index contributed by atoms with van der Waals surface area (Å²) in [5.74, 6) is 0.601. The van der Waals surface area contributed by atoms with Gasteiger partial charge in [-0.3, -0.25) is 0 Å². The first-order chi connectivity index (χ1) is 7.22. The second-order valence-corrected chi connectivity index (χ2v) is 3.32. The lowest BCUT2D eigenvalue weighted by atomic mass is 10.1. The maximum absolute atomic E-state index is 9.70. The highest BCUT2D eigenvalue weighted by Gasteiger charge is 2.12. The Labute approximate surface area is 87.8 Å². The maximum Gasteiger partial charge on any atom is 0.198 e. The standard InChI is InChI=1S/C11H13N3O/c1-2-8-10(14-11(12)13-8)7-5-3-4-6-9(7)15/h3-6,15H,2H2,1H3,(H3,12,13,14). The van der Waals surface area contributed by atoms with Crippen LogP contribution in [0.4, 0.5) is 5.95 Å². The molecule has 0 aliphatic heterocycles. The van der Waals surface area contributed by atoms with Gasteiger partial charge in [-0.15, -0.1) is 0 Å².